The van der Waals surface area contributed by atoms with E-state index in [0.717, 1.165) is 5.57 Å². The van der Waals surface area contributed by atoms with Crippen LogP contribution in [0, 0.1) is 5.41 Å². The molecule has 1 saturated carbocycles. The molecule has 0 N–H and O–H groups in total. The number of rotatable bonds is 2. The fourth-order valence-electron chi connectivity index (χ4n) is 1.74. The lowest BCUT2D eigenvalue weighted by molar-refractivity contribution is -0.133. The van der Waals surface area contributed by atoms with Gasteiger partial charge in [-0.05, 0) is 20.3 Å². The molecule has 0 amide bonds. The van der Waals surface area contributed by atoms with Crippen molar-refractivity contribution >= 4 is 11.6 Å². The molecule has 1 aliphatic rings. The summed E-state index contributed by atoms with van der Waals surface area (Å²) in [4.78, 5) is 22.8. The summed E-state index contributed by atoms with van der Waals surface area (Å²) in [6.45, 7) is 7.32. The van der Waals surface area contributed by atoms with Crippen LogP contribution < -0.4 is 0 Å². The fraction of sp³-hybridized carbons (Fsp3) is 0.600. The summed E-state index contributed by atoms with van der Waals surface area (Å²) in [6, 6.07) is 0. The van der Waals surface area contributed by atoms with Crippen LogP contribution in [0.4, 0.5) is 0 Å². The quantitative estimate of drug-likeness (QED) is 0.463. The summed E-state index contributed by atoms with van der Waals surface area (Å²) in [6.07, 6.45) is 1.36. The van der Waals surface area contributed by atoms with E-state index in [1.54, 1.807) is 6.92 Å². The second-order valence-corrected chi connectivity index (χ2v) is 3.81. The molecular formula is C10H14O2. The van der Waals surface area contributed by atoms with Gasteiger partial charge in [0.05, 0.1) is 5.41 Å². The first-order valence-corrected chi connectivity index (χ1v) is 4.18. The van der Waals surface area contributed by atoms with Crippen LogP contribution in [0.15, 0.2) is 12.2 Å². The van der Waals surface area contributed by atoms with Crippen LogP contribution in [0.2, 0.25) is 0 Å². The maximum absolute atomic E-state index is 11.4. The number of Topliss-reactive ketones (excluding diaryl/α,β-unsaturated/α-hetero) is 2. The van der Waals surface area contributed by atoms with Gasteiger partial charge in [0.25, 0.3) is 0 Å². The molecule has 0 aromatic heterocycles. The minimum atomic E-state index is -0.744. The summed E-state index contributed by atoms with van der Waals surface area (Å²) in [5.74, 6) is 0.158. The van der Waals surface area contributed by atoms with E-state index in [0.29, 0.717) is 19.3 Å². The first-order valence-electron chi connectivity index (χ1n) is 4.18. The number of carbonyl (C=O) groups is 2. The molecular weight excluding hydrogens is 152 g/mol. The van der Waals surface area contributed by atoms with E-state index in [2.05, 4.69) is 6.58 Å². The maximum atomic E-state index is 11.4. The third kappa shape index (κ3) is 1.33. The molecule has 2 heteroatoms. The maximum Gasteiger partial charge on any atom is 0.146 e. The average Bonchev–Trinajstić information content (AvgIpc) is 2.16. The normalized spacial score (nSPS) is 21.5. The highest BCUT2D eigenvalue weighted by Crippen LogP contribution is 2.36. The Hall–Kier alpha value is -0.920. The minimum Gasteiger partial charge on any atom is -0.299 e. The van der Waals surface area contributed by atoms with Crippen molar-refractivity contribution in [1.29, 1.82) is 0 Å². The number of hydrogen-bond donors (Lipinski definition) is 0. The molecule has 0 atom stereocenters. The van der Waals surface area contributed by atoms with Gasteiger partial charge in [0.15, 0.2) is 0 Å². The second-order valence-electron chi connectivity index (χ2n) is 3.81. The number of carbonyl (C=O) groups excluding carboxylic acids is 2. The number of allylic oxidation sites excluding steroid dienone is 1. The van der Waals surface area contributed by atoms with Crippen LogP contribution in [0.1, 0.15) is 33.1 Å². The van der Waals surface area contributed by atoms with E-state index in [4.69, 9.17) is 0 Å². The zero-order valence-corrected chi connectivity index (χ0v) is 7.64. The topological polar surface area (TPSA) is 34.1 Å². The Balaban J connectivity index is 2.87. The highest BCUT2D eigenvalue weighted by molar-refractivity contribution is 6.12. The molecule has 0 aliphatic heterocycles. The minimum absolute atomic E-state index is 0.0792. The van der Waals surface area contributed by atoms with Crippen molar-refractivity contribution in [2.24, 2.45) is 5.41 Å². The predicted octanol–water partition coefficient (Wildman–Crippen LogP) is 1.89. The van der Waals surface area contributed by atoms with Gasteiger partial charge in [-0.1, -0.05) is 5.57 Å². The molecule has 0 saturated heterocycles. The average molecular weight is 166 g/mol. The lowest BCUT2D eigenvalue weighted by atomic mass is 9.81. The summed E-state index contributed by atoms with van der Waals surface area (Å²) in [7, 11) is 0. The smallest absolute Gasteiger partial charge is 0.146 e. The van der Waals surface area contributed by atoms with Gasteiger partial charge in [0, 0.05) is 12.8 Å². The lowest BCUT2D eigenvalue weighted by Crippen LogP contribution is -2.29. The van der Waals surface area contributed by atoms with Gasteiger partial charge >= 0.3 is 0 Å². The molecule has 66 valence electrons. The van der Waals surface area contributed by atoms with Gasteiger partial charge < -0.3 is 0 Å². The Bertz CT molecular complexity index is 235. The molecule has 0 radical (unpaired) electrons. The summed E-state index contributed by atoms with van der Waals surface area (Å²) < 4.78 is 0. The molecule has 0 bridgehead atoms. The standard InChI is InChI=1S/C10H14O2/c1-7(2)6-10(3)8(11)4-5-9(10)12/h1,4-6H2,2-3H3. The van der Waals surface area contributed by atoms with Gasteiger partial charge in [-0.2, -0.15) is 0 Å². The van der Waals surface area contributed by atoms with Crippen molar-refractivity contribution in [3.8, 4) is 0 Å². The summed E-state index contributed by atoms with van der Waals surface area (Å²) in [5.41, 5.74) is 0.160. The third-order valence-electron chi connectivity index (χ3n) is 2.47. The molecule has 0 spiro atoms. The van der Waals surface area contributed by atoms with Crippen LogP contribution in [0.3, 0.4) is 0 Å². The fourth-order valence-corrected chi connectivity index (χ4v) is 1.74. The molecule has 0 unspecified atom stereocenters. The molecule has 12 heavy (non-hydrogen) atoms. The highest BCUT2D eigenvalue weighted by atomic mass is 16.2. The molecule has 0 heterocycles. The summed E-state index contributed by atoms with van der Waals surface area (Å²) >= 11 is 0. The van der Waals surface area contributed by atoms with E-state index in [9.17, 15) is 9.59 Å². The van der Waals surface area contributed by atoms with Crippen LogP contribution in [-0.2, 0) is 9.59 Å². The number of ketones is 2. The van der Waals surface area contributed by atoms with E-state index in [1.807, 2.05) is 6.92 Å². The van der Waals surface area contributed by atoms with Gasteiger partial charge in [-0.25, -0.2) is 0 Å². The summed E-state index contributed by atoms with van der Waals surface area (Å²) in [5, 5.41) is 0. The van der Waals surface area contributed by atoms with E-state index >= 15 is 0 Å². The Morgan fingerprint density at radius 1 is 1.42 bits per heavy atom. The predicted molar refractivity (Wildman–Crippen MR) is 46.8 cm³/mol. The molecule has 1 fully saturated rings. The van der Waals surface area contributed by atoms with Crippen LogP contribution >= 0.6 is 0 Å². The Labute approximate surface area is 72.7 Å². The molecule has 0 aromatic rings. The van der Waals surface area contributed by atoms with E-state index < -0.39 is 5.41 Å². The zero-order chi connectivity index (χ0) is 9.35. The van der Waals surface area contributed by atoms with E-state index in [1.165, 1.54) is 0 Å². The Kier molecular flexibility index (Phi) is 2.18. The largest absolute Gasteiger partial charge is 0.299 e. The first kappa shape index (κ1) is 9.17. The van der Waals surface area contributed by atoms with E-state index in [-0.39, 0.29) is 11.6 Å². The first-order chi connectivity index (χ1) is 5.47. The van der Waals surface area contributed by atoms with Crippen molar-refractivity contribution in [1.82, 2.24) is 0 Å². The monoisotopic (exact) mass is 166 g/mol. The van der Waals surface area contributed by atoms with Crippen molar-refractivity contribution in [2.75, 3.05) is 0 Å². The van der Waals surface area contributed by atoms with Crippen LogP contribution in [0.25, 0.3) is 0 Å². The SMILES string of the molecule is C=C(C)CC1(C)C(=O)CCC1=O. The van der Waals surface area contributed by atoms with Crippen molar-refractivity contribution in [3.05, 3.63) is 12.2 Å². The van der Waals surface area contributed by atoms with Crippen LogP contribution in [-0.4, -0.2) is 11.6 Å². The van der Waals surface area contributed by atoms with Gasteiger partial charge in [-0.15, -0.1) is 6.58 Å². The number of hydrogen-bond acceptors (Lipinski definition) is 2. The third-order valence-corrected chi connectivity index (χ3v) is 2.47. The van der Waals surface area contributed by atoms with Gasteiger partial charge in [0.2, 0.25) is 0 Å². The Morgan fingerprint density at radius 2 is 1.83 bits per heavy atom. The van der Waals surface area contributed by atoms with Crippen molar-refractivity contribution < 1.29 is 9.59 Å². The molecule has 1 aliphatic carbocycles. The molecule has 1 rings (SSSR count). The Morgan fingerprint density at radius 3 is 2.17 bits per heavy atom. The lowest BCUT2D eigenvalue weighted by Gasteiger charge is -2.19. The second kappa shape index (κ2) is 2.85. The molecule has 0 aromatic carbocycles. The van der Waals surface area contributed by atoms with Crippen molar-refractivity contribution in [3.63, 3.8) is 0 Å². The van der Waals surface area contributed by atoms with Gasteiger partial charge in [0.1, 0.15) is 11.6 Å². The zero-order valence-electron chi connectivity index (χ0n) is 7.64. The van der Waals surface area contributed by atoms with Crippen molar-refractivity contribution in [2.45, 2.75) is 33.1 Å². The molecule has 2 nitrogen and oxygen atoms in total. The van der Waals surface area contributed by atoms with Crippen LogP contribution in [0.5, 0.6) is 0 Å². The highest BCUT2D eigenvalue weighted by Gasteiger charge is 2.44. The van der Waals surface area contributed by atoms with Gasteiger partial charge in [-0.3, -0.25) is 9.59 Å².